The summed E-state index contributed by atoms with van der Waals surface area (Å²) in [6.45, 7) is 1.76. The molecule has 0 aromatic heterocycles. The molecule has 0 spiro atoms. The average Bonchev–Trinajstić information content (AvgIpc) is 2.11. The molecule has 1 aromatic carbocycles. The van der Waals surface area contributed by atoms with Gasteiger partial charge >= 0.3 is 0 Å². The molecule has 1 atom stereocenters. The molecule has 0 bridgehead atoms. The average molecular weight is 218 g/mol. The molecule has 0 aliphatic heterocycles. The fourth-order valence-electron chi connectivity index (χ4n) is 1.32. The van der Waals surface area contributed by atoms with Crippen LogP contribution in [0, 0.1) is 12.7 Å². The van der Waals surface area contributed by atoms with Crippen LogP contribution in [-0.2, 0) is 0 Å². The van der Waals surface area contributed by atoms with E-state index >= 15 is 0 Å². The molecule has 0 aliphatic carbocycles. The molecule has 0 amide bonds. The molecule has 1 rings (SSSR count). The number of hydrogen-bond acceptors (Lipinski definition) is 2. The Kier molecular flexibility index (Phi) is 3.86. The molecule has 0 fully saturated rings. The molecular weight excluding hydrogens is 205 g/mol. The van der Waals surface area contributed by atoms with E-state index < -0.39 is 11.9 Å². The number of aryl methyl sites for hydroxylation is 1. The van der Waals surface area contributed by atoms with E-state index in [1.807, 2.05) is 6.92 Å². The molecule has 1 aromatic rings. The van der Waals surface area contributed by atoms with E-state index in [0.29, 0.717) is 12.0 Å². The van der Waals surface area contributed by atoms with Gasteiger partial charge in [-0.2, -0.15) is 0 Å². The van der Waals surface area contributed by atoms with Crippen LogP contribution in [-0.4, -0.2) is 11.7 Å². The van der Waals surface area contributed by atoms with Gasteiger partial charge in [0, 0.05) is 18.2 Å². The Hall–Kier alpha value is -0.640. The summed E-state index contributed by atoms with van der Waals surface area (Å²) in [4.78, 5) is 0. The SMILES string of the molecule is Cc1cc(Cl)c(F)c(C(N)CCO)c1. The fourth-order valence-corrected chi connectivity index (χ4v) is 1.60. The third kappa shape index (κ3) is 2.44. The Balaban J connectivity index is 3.07. The van der Waals surface area contributed by atoms with Crippen LogP contribution in [0.25, 0.3) is 0 Å². The summed E-state index contributed by atoms with van der Waals surface area (Å²) in [5, 5.41) is 8.77. The lowest BCUT2D eigenvalue weighted by atomic mass is 10.0. The van der Waals surface area contributed by atoms with Gasteiger partial charge in [-0.3, -0.25) is 0 Å². The Morgan fingerprint density at radius 2 is 2.21 bits per heavy atom. The number of hydrogen-bond donors (Lipinski definition) is 2. The van der Waals surface area contributed by atoms with E-state index in [1.165, 1.54) is 0 Å². The summed E-state index contributed by atoms with van der Waals surface area (Å²) in [5.41, 5.74) is 6.91. The lowest BCUT2D eigenvalue weighted by Gasteiger charge is -2.13. The highest BCUT2D eigenvalue weighted by molar-refractivity contribution is 6.30. The number of benzene rings is 1. The smallest absolute Gasteiger partial charge is 0.146 e. The van der Waals surface area contributed by atoms with Crippen LogP contribution < -0.4 is 5.73 Å². The van der Waals surface area contributed by atoms with Gasteiger partial charge in [0.25, 0.3) is 0 Å². The minimum atomic E-state index is -0.502. The summed E-state index contributed by atoms with van der Waals surface area (Å²) in [7, 11) is 0. The van der Waals surface area contributed by atoms with Crippen molar-refractivity contribution in [3.63, 3.8) is 0 Å². The van der Waals surface area contributed by atoms with Gasteiger partial charge in [0.15, 0.2) is 0 Å². The van der Waals surface area contributed by atoms with Gasteiger partial charge in [0.05, 0.1) is 5.02 Å². The van der Waals surface area contributed by atoms with Gasteiger partial charge in [0.1, 0.15) is 5.82 Å². The fraction of sp³-hybridized carbons (Fsp3) is 0.400. The first-order valence-electron chi connectivity index (χ1n) is 4.38. The molecule has 0 aliphatic rings. The van der Waals surface area contributed by atoms with Crippen LogP contribution in [0.15, 0.2) is 12.1 Å². The Bertz CT molecular complexity index is 330. The predicted octanol–water partition coefficient (Wildman–Crippen LogP) is 2.17. The number of aliphatic hydroxyl groups is 1. The van der Waals surface area contributed by atoms with Gasteiger partial charge in [-0.1, -0.05) is 17.7 Å². The highest BCUT2D eigenvalue weighted by atomic mass is 35.5. The van der Waals surface area contributed by atoms with Gasteiger partial charge in [-0.05, 0) is 25.0 Å². The Labute approximate surface area is 87.5 Å². The number of rotatable bonds is 3. The molecular formula is C10H13ClFNO. The topological polar surface area (TPSA) is 46.2 Å². The molecule has 0 heterocycles. The first kappa shape index (κ1) is 11.4. The summed E-state index contributed by atoms with van der Waals surface area (Å²) in [5.74, 6) is -0.488. The molecule has 2 nitrogen and oxygen atoms in total. The minimum Gasteiger partial charge on any atom is -0.396 e. The van der Waals surface area contributed by atoms with Crippen molar-refractivity contribution < 1.29 is 9.50 Å². The quantitative estimate of drug-likeness (QED) is 0.815. The van der Waals surface area contributed by atoms with Crippen molar-refractivity contribution >= 4 is 11.6 Å². The molecule has 14 heavy (non-hydrogen) atoms. The van der Waals surface area contributed by atoms with Gasteiger partial charge in [-0.15, -0.1) is 0 Å². The highest BCUT2D eigenvalue weighted by Gasteiger charge is 2.14. The maximum absolute atomic E-state index is 13.5. The summed E-state index contributed by atoms with van der Waals surface area (Å²) in [6.07, 6.45) is 0.330. The van der Waals surface area contributed by atoms with Crippen molar-refractivity contribution in [2.45, 2.75) is 19.4 Å². The van der Waals surface area contributed by atoms with Crippen molar-refractivity contribution in [3.05, 3.63) is 34.1 Å². The van der Waals surface area contributed by atoms with E-state index in [2.05, 4.69) is 0 Å². The standard InChI is InChI=1S/C10H13ClFNO/c1-6-4-7(9(13)2-3-14)10(12)8(11)5-6/h4-5,9,14H,2-3,13H2,1H3. The van der Waals surface area contributed by atoms with Crippen LogP contribution in [0.3, 0.4) is 0 Å². The second kappa shape index (κ2) is 4.73. The van der Waals surface area contributed by atoms with Gasteiger partial charge < -0.3 is 10.8 Å². The maximum Gasteiger partial charge on any atom is 0.146 e. The number of halogens is 2. The molecule has 78 valence electrons. The predicted molar refractivity (Wildman–Crippen MR) is 54.8 cm³/mol. The number of aliphatic hydroxyl groups excluding tert-OH is 1. The lowest BCUT2D eigenvalue weighted by Crippen LogP contribution is -2.14. The summed E-state index contributed by atoms with van der Waals surface area (Å²) in [6, 6.07) is 2.70. The van der Waals surface area contributed by atoms with E-state index in [9.17, 15) is 4.39 Å². The lowest BCUT2D eigenvalue weighted by molar-refractivity contribution is 0.275. The van der Waals surface area contributed by atoms with Crippen LogP contribution in [0.1, 0.15) is 23.6 Å². The zero-order chi connectivity index (χ0) is 10.7. The third-order valence-corrected chi connectivity index (χ3v) is 2.32. The van der Waals surface area contributed by atoms with Crippen LogP contribution in [0.5, 0.6) is 0 Å². The van der Waals surface area contributed by atoms with E-state index in [-0.39, 0.29) is 11.6 Å². The second-order valence-electron chi connectivity index (χ2n) is 3.27. The molecule has 4 heteroatoms. The molecule has 0 saturated carbocycles. The molecule has 1 unspecified atom stereocenters. The summed E-state index contributed by atoms with van der Waals surface area (Å²) >= 11 is 5.67. The van der Waals surface area contributed by atoms with Crippen molar-refractivity contribution in [1.82, 2.24) is 0 Å². The minimum absolute atomic E-state index is 0.0633. The largest absolute Gasteiger partial charge is 0.396 e. The first-order valence-corrected chi connectivity index (χ1v) is 4.76. The Morgan fingerprint density at radius 1 is 1.57 bits per heavy atom. The van der Waals surface area contributed by atoms with Crippen LogP contribution in [0.2, 0.25) is 5.02 Å². The summed E-state index contributed by atoms with van der Waals surface area (Å²) < 4.78 is 13.5. The van der Waals surface area contributed by atoms with Crippen molar-refractivity contribution in [2.24, 2.45) is 5.73 Å². The van der Waals surface area contributed by atoms with Crippen molar-refractivity contribution in [3.8, 4) is 0 Å². The van der Waals surface area contributed by atoms with Crippen LogP contribution in [0.4, 0.5) is 4.39 Å². The van der Waals surface area contributed by atoms with E-state index in [4.69, 9.17) is 22.4 Å². The molecule has 3 N–H and O–H groups in total. The monoisotopic (exact) mass is 217 g/mol. The maximum atomic E-state index is 13.5. The van der Waals surface area contributed by atoms with E-state index in [1.54, 1.807) is 12.1 Å². The molecule has 0 radical (unpaired) electrons. The third-order valence-electron chi connectivity index (χ3n) is 2.04. The zero-order valence-corrected chi connectivity index (χ0v) is 8.68. The first-order chi connectivity index (χ1) is 6.56. The molecule has 0 saturated heterocycles. The normalized spacial score (nSPS) is 12.9. The van der Waals surface area contributed by atoms with Crippen LogP contribution >= 0.6 is 11.6 Å². The van der Waals surface area contributed by atoms with Gasteiger partial charge in [0.2, 0.25) is 0 Å². The highest BCUT2D eigenvalue weighted by Crippen LogP contribution is 2.25. The number of nitrogens with two attached hydrogens (primary N) is 1. The van der Waals surface area contributed by atoms with Crippen molar-refractivity contribution in [2.75, 3.05) is 6.61 Å². The van der Waals surface area contributed by atoms with Crippen molar-refractivity contribution in [1.29, 1.82) is 0 Å². The van der Waals surface area contributed by atoms with E-state index in [0.717, 1.165) is 5.56 Å². The second-order valence-corrected chi connectivity index (χ2v) is 3.68. The Morgan fingerprint density at radius 3 is 2.79 bits per heavy atom. The van der Waals surface area contributed by atoms with Gasteiger partial charge in [-0.25, -0.2) is 4.39 Å². The zero-order valence-electron chi connectivity index (χ0n) is 7.93.